The summed E-state index contributed by atoms with van der Waals surface area (Å²) in [6.45, 7) is 1.84. The van der Waals surface area contributed by atoms with Gasteiger partial charge in [-0.3, -0.25) is 9.59 Å². The van der Waals surface area contributed by atoms with Gasteiger partial charge < -0.3 is 16.0 Å². The molecular formula is C18H20ClN5O2. The van der Waals surface area contributed by atoms with Gasteiger partial charge in [-0.05, 0) is 49.6 Å². The van der Waals surface area contributed by atoms with E-state index in [1.54, 1.807) is 29.2 Å². The summed E-state index contributed by atoms with van der Waals surface area (Å²) in [5.74, 6) is -0.330. The number of hydrogen-bond acceptors (Lipinski definition) is 5. The molecule has 2 heterocycles. The number of nitrogens with zero attached hydrogens (tertiary/aromatic N) is 3. The van der Waals surface area contributed by atoms with Gasteiger partial charge in [-0.1, -0.05) is 11.6 Å². The van der Waals surface area contributed by atoms with Crippen LogP contribution in [0, 0.1) is 5.92 Å². The van der Waals surface area contributed by atoms with E-state index in [1.165, 1.54) is 12.4 Å². The van der Waals surface area contributed by atoms with Gasteiger partial charge >= 0.3 is 0 Å². The van der Waals surface area contributed by atoms with Crippen LogP contribution >= 0.6 is 11.6 Å². The van der Waals surface area contributed by atoms with Crippen molar-refractivity contribution in [3.8, 4) is 0 Å². The molecule has 0 aliphatic carbocycles. The molecule has 0 saturated carbocycles. The largest absolute Gasteiger partial charge is 0.337 e. The first-order valence-electron chi connectivity index (χ1n) is 8.45. The molecule has 7 nitrogen and oxygen atoms in total. The van der Waals surface area contributed by atoms with E-state index in [0.717, 1.165) is 12.8 Å². The van der Waals surface area contributed by atoms with Crippen molar-refractivity contribution in [1.82, 2.24) is 14.9 Å². The average molecular weight is 374 g/mol. The van der Waals surface area contributed by atoms with Gasteiger partial charge in [-0.2, -0.15) is 0 Å². The van der Waals surface area contributed by atoms with Crippen molar-refractivity contribution in [2.24, 2.45) is 11.7 Å². The maximum absolute atomic E-state index is 12.8. The van der Waals surface area contributed by atoms with Crippen LogP contribution in [0.1, 0.15) is 33.8 Å². The van der Waals surface area contributed by atoms with E-state index in [4.69, 9.17) is 17.3 Å². The number of hydrogen-bond donors (Lipinski definition) is 2. The Morgan fingerprint density at radius 1 is 1.12 bits per heavy atom. The summed E-state index contributed by atoms with van der Waals surface area (Å²) in [5.41, 5.74) is 6.33. The maximum Gasteiger partial charge on any atom is 0.276 e. The Morgan fingerprint density at radius 3 is 2.35 bits per heavy atom. The summed E-state index contributed by atoms with van der Waals surface area (Å²) in [4.78, 5) is 35.3. The van der Waals surface area contributed by atoms with E-state index in [-0.39, 0.29) is 17.3 Å². The van der Waals surface area contributed by atoms with Crippen molar-refractivity contribution in [2.45, 2.75) is 12.8 Å². The molecule has 2 amide bonds. The zero-order valence-corrected chi connectivity index (χ0v) is 14.9. The fraction of sp³-hybridized carbons (Fsp3) is 0.333. The minimum absolute atomic E-state index is 0.00778. The van der Waals surface area contributed by atoms with Gasteiger partial charge in [0.2, 0.25) is 0 Å². The molecule has 26 heavy (non-hydrogen) atoms. The third kappa shape index (κ3) is 4.17. The molecular weight excluding hydrogens is 354 g/mol. The number of rotatable bonds is 4. The van der Waals surface area contributed by atoms with E-state index in [1.807, 2.05) is 0 Å². The van der Waals surface area contributed by atoms with Gasteiger partial charge in [-0.25, -0.2) is 9.97 Å². The van der Waals surface area contributed by atoms with Crippen molar-refractivity contribution in [1.29, 1.82) is 0 Å². The van der Waals surface area contributed by atoms with Gasteiger partial charge in [-0.15, -0.1) is 0 Å². The number of aromatic nitrogens is 2. The lowest BCUT2D eigenvalue weighted by Gasteiger charge is -2.31. The third-order valence-electron chi connectivity index (χ3n) is 4.45. The van der Waals surface area contributed by atoms with Crippen LogP contribution in [-0.2, 0) is 0 Å². The Balaban J connectivity index is 1.76. The first-order valence-corrected chi connectivity index (χ1v) is 8.83. The van der Waals surface area contributed by atoms with E-state index < -0.39 is 5.91 Å². The monoisotopic (exact) mass is 373 g/mol. The highest BCUT2D eigenvalue weighted by Crippen LogP contribution is 2.19. The molecule has 1 aliphatic heterocycles. The van der Waals surface area contributed by atoms with Crippen LogP contribution in [0.2, 0.25) is 5.02 Å². The second-order valence-electron chi connectivity index (χ2n) is 6.19. The molecule has 1 fully saturated rings. The second-order valence-corrected chi connectivity index (χ2v) is 6.62. The number of carbonyl (C=O) groups excluding carboxylic acids is 2. The number of halogens is 1. The quantitative estimate of drug-likeness (QED) is 0.855. The van der Waals surface area contributed by atoms with Crippen LogP contribution in [0.3, 0.4) is 0 Å². The van der Waals surface area contributed by atoms with Gasteiger partial charge in [0.15, 0.2) is 11.4 Å². The SMILES string of the molecule is NCC1CCN(C(=O)c2nccnc2C(=O)Nc2ccc(Cl)cc2)CC1. The molecule has 0 unspecified atom stereocenters. The van der Waals surface area contributed by atoms with Crippen LogP contribution in [0.25, 0.3) is 0 Å². The van der Waals surface area contributed by atoms with Gasteiger partial charge in [0.1, 0.15) is 0 Å². The van der Waals surface area contributed by atoms with E-state index >= 15 is 0 Å². The van der Waals surface area contributed by atoms with Crippen LogP contribution < -0.4 is 11.1 Å². The minimum Gasteiger partial charge on any atom is -0.337 e. The number of piperidine rings is 1. The Bertz CT molecular complexity index is 788. The molecule has 1 saturated heterocycles. The molecule has 136 valence electrons. The molecule has 3 N–H and O–H groups in total. The molecule has 3 rings (SSSR count). The lowest BCUT2D eigenvalue weighted by molar-refractivity contribution is 0.0682. The van der Waals surface area contributed by atoms with Crippen LogP contribution in [0.15, 0.2) is 36.7 Å². The predicted molar refractivity (Wildman–Crippen MR) is 99.1 cm³/mol. The summed E-state index contributed by atoms with van der Waals surface area (Å²) >= 11 is 5.85. The average Bonchev–Trinajstić information content (AvgIpc) is 2.69. The molecule has 0 radical (unpaired) electrons. The molecule has 1 aromatic heterocycles. The summed E-state index contributed by atoms with van der Waals surface area (Å²) in [6.07, 6.45) is 4.52. The van der Waals surface area contributed by atoms with Crippen LogP contribution in [-0.4, -0.2) is 46.3 Å². The minimum atomic E-state index is -0.486. The topological polar surface area (TPSA) is 101 Å². The fourth-order valence-electron chi connectivity index (χ4n) is 2.91. The molecule has 2 aromatic rings. The predicted octanol–water partition coefficient (Wildman–Crippen LogP) is 2.19. The Hall–Kier alpha value is -2.51. The van der Waals surface area contributed by atoms with Gasteiger partial charge in [0.05, 0.1) is 0 Å². The van der Waals surface area contributed by atoms with E-state index in [9.17, 15) is 9.59 Å². The van der Waals surface area contributed by atoms with Crippen molar-refractivity contribution in [3.05, 3.63) is 53.1 Å². The third-order valence-corrected chi connectivity index (χ3v) is 4.71. The number of nitrogens with two attached hydrogens (primary N) is 1. The second kappa shape index (κ2) is 8.25. The summed E-state index contributed by atoms with van der Waals surface area (Å²) in [7, 11) is 0. The number of carbonyl (C=O) groups is 2. The van der Waals surface area contributed by atoms with Crippen molar-refractivity contribution in [2.75, 3.05) is 25.0 Å². The molecule has 1 aromatic carbocycles. The standard InChI is InChI=1S/C18H20ClN5O2/c19-13-1-3-14(4-2-13)23-17(25)15-16(22-8-7-21-15)18(26)24-9-5-12(11-20)6-10-24/h1-4,7-8,12H,5-6,9-11,20H2,(H,23,25). The van der Waals surface area contributed by atoms with Crippen molar-refractivity contribution < 1.29 is 9.59 Å². The van der Waals surface area contributed by atoms with Crippen molar-refractivity contribution >= 4 is 29.1 Å². The zero-order chi connectivity index (χ0) is 18.5. The highest BCUT2D eigenvalue weighted by atomic mass is 35.5. The van der Waals surface area contributed by atoms with Crippen molar-refractivity contribution in [3.63, 3.8) is 0 Å². The molecule has 0 atom stereocenters. The lowest BCUT2D eigenvalue weighted by atomic mass is 9.97. The maximum atomic E-state index is 12.8. The summed E-state index contributed by atoms with van der Waals surface area (Å²) in [5, 5.41) is 3.28. The first-order chi connectivity index (χ1) is 12.6. The lowest BCUT2D eigenvalue weighted by Crippen LogP contribution is -2.41. The van der Waals surface area contributed by atoms with Gasteiger partial charge in [0.25, 0.3) is 11.8 Å². The first kappa shape index (κ1) is 18.3. The Morgan fingerprint density at radius 2 is 1.73 bits per heavy atom. The number of likely N-dealkylation sites (tertiary alicyclic amines) is 1. The highest BCUT2D eigenvalue weighted by molar-refractivity contribution is 6.30. The number of benzene rings is 1. The van der Waals surface area contributed by atoms with E-state index in [2.05, 4.69) is 15.3 Å². The summed E-state index contributed by atoms with van der Waals surface area (Å²) < 4.78 is 0. The smallest absolute Gasteiger partial charge is 0.276 e. The zero-order valence-electron chi connectivity index (χ0n) is 14.2. The Labute approximate surface area is 156 Å². The normalized spacial score (nSPS) is 14.9. The molecule has 0 bridgehead atoms. The number of amides is 2. The van der Waals surface area contributed by atoms with Gasteiger partial charge in [0, 0.05) is 36.2 Å². The Kier molecular flexibility index (Phi) is 5.80. The van der Waals surface area contributed by atoms with Crippen LogP contribution in [0.5, 0.6) is 0 Å². The number of anilines is 1. The number of nitrogens with one attached hydrogen (secondary N) is 1. The molecule has 1 aliphatic rings. The summed E-state index contributed by atoms with van der Waals surface area (Å²) in [6, 6.07) is 6.69. The highest BCUT2D eigenvalue weighted by Gasteiger charge is 2.27. The fourth-order valence-corrected chi connectivity index (χ4v) is 3.03. The van der Waals surface area contributed by atoms with E-state index in [0.29, 0.717) is 36.3 Å². The van der Waals surface area contributed by atoms with Crippen LogP contribution in [0.4, 0.5) is 5.69 Å². The molecule has 0 spiro atoms. The molecule has 8 heteroatoms.